The van der Waals surface area contributed by atoms with Gasteiger partial charge in [0.1, 0.15) is 11.6 Å². The van der Waals surface area contributed by atoms with E-state index in [1.807, 2.05) is 30.3 Å². The number of nitrogen functional groups attached to an aromatic ring is 1. The molecule has 19 heavy (non-hydrogen) atoms. The number of nitrogens with one attached hydrogen (secondary N) is 1. The van der Waals surface area contributed by atoms with E-state index >= 15 is 0 Å². The molecular formula is C14H14N4O. The molecule has 0 aliphatic heterocycles. The van der Waals surface area contributed by atoms with Gasteiger partial charge in [0.2, 0.25) is 0 Å². The molecule has 0 fully saturated rings. The van der Waals surface area contributed by atoms with E-state index < -0.39 is 0 Å². The zero-order chi connectivity index (χ0) is 13.2. The van der Waals surface area contributed by atoms with E-state index in [2.05, 4.69) is 15.0 Å². The molecule has 0 saturated heterocycles. The SMILES string of the molecule is COc1ccc(Cc2nc3ncccc3[nH]2)cc1N. The summed E-state index contributed by atoms with van der Waals surface area (Å²) in [5, 5.41) is 0. The van der Waals surface area contributed by atoms with Gasteiger partial charge in [-0.1, -0.05) is 6.07 Å². The summed E-state index contributed by atoms with van der Waals surface area (Å²) in [5.74, 6) is 1.56. The molecule has 0 amide bonds. The lowest BCUT2D eigenvalue weighted by Gasteiger charge is -2.05. The van der Waals surface area contributed by atoms with Gasteiger partial charge in [-0.25, -0.2) is 9.97 Å². The number of hydrogen-bond donors (Lipinski definition) is 2. The van der Waals surface area contributed by atoms with Crippen molar-refractivity contribution >= 4 is 16.9 Å². The summed E-state index contributed by atoms with van der Waals surface area (Å²) >= 11 is 0. The largest absolute Gasteiger partial charge is 0.495 e. The summed E-state index contributed by atoms with van der Waals surface area (Å²) in [7, 11) is 1.61. The zero-order valence-corrected chi connectivity index (χ0v) is 10.6. The number of imidazole rings is 1. The van der Waals surface area contributed by atoms with Crippen molar-refractivity contribution in [3.8, 4) is 5.75 Å². The Morgan fingerprint density at radius 1 is 1.32 bits per heavy atom. The van der Waals surface area contributed by atoms with Crippen LogP contribution in [0.1, 0.15) is 11.4 Å². The summed E-state index contributed by atoms with van der Waals surface area (Å²) in [6.45, 7) is 0. The number of aromatic nitrogens is 3. The quantitative estimate of drug-likeness (QED) is 0.702. The van der Waals surface area contributed by atoms with Crippen molar-refractivity contribution in [2.24, 2.45) is 0 Å². The van der Waals surface area contributed by atoms with Crippen LogP contribution >= 0.6 is 0 Å². The van der Waals surface area contributed by atoms with Gasteiger partial charge in [-0.3, -0.25) is 0 Å². The molecule has 0 spiro atoms. The summed E-state index contributed by atoms with van der Waals surface area (Å²) < 4.78 is 5.14. The van der Waals surface area contributed by atoms with Crippen LogP contribution in [0, 0.1) is 0 Å². The zero-order valence-electron chi connectivity index (χ0n) is 10.6. The first kappa shape index (κ1) is 11.5. The summed E-state index contributed by atoms with van der Waals surface area (Å²) in [4.78, 5) is 11.9. The molecule has 3 N–H and O–H groups in total. The minimum Gasteiger partial charge on any atom is -0.495 e. The van der Waals surface area contributed by atoms with Gasteiger partial charge in [-0.15, -0.1) is 0 Å². The molecule has 1 aromatic carbocycles. The monoisotopic (exact) mass is 254 g/mol. The number of fused-ring (bicyclic) bond motifs is 1. The number of benzene rings is 1. The van der Waals surface area contributed by atoms with E-state index in [4.69, 9.17) is 10.5 Å². The molecule has 0 atom stereocenters. The fraction of sp³-hybridized carbons (Fsp3) is 0.143. The minimum atomic E-state index is 0.634. The second-order valence-electron chi connectivity index (χ2n) is 4.31. The molecular weight excluding hydrogens is 240 g/mol. The Morgan fingerprint density at radius 3 is 2.95 bits per heavy atom. The summed E-state index contributed by atoms with van der Waals surface area (Å²) in [5.41, 5.74) is 9.29. The fourth-order valence-corrected chi connectivity index (χ4v) is 2.07. The van der Waals surface area contributed by atoms with Crippen molar-refractivity contribution in [2.75, 3.05) is 12.8 Å². The van der Waals surface area contributed by atoms with Crippen LogP contribution < -0.4 is 10.5 Å². The maximum atomic E-state index is 5.89. The summed E-state index contributed by atoms with van der Waals surface area (Å²) in [6.07, 6.45) is 2.42. The molecule has 3 aromatic rings. The first-order valence-corrected chi connectivity index (χ1v) is 5.98. The first-order chi connectivity index (χ1) is 9.26. The smallest absolute Gasteiger partial charge is 0.177 e. The maximum Gasteiger partial charge on any atom is 0.177 e. The van der Waals surface area contributed by atoms with Gasteiger partial charge < -0.3 is 15.5 Å². The van der Waals surface area contributed by atoms with Crippen LogP contribution in [0.15, 0.2) is 36.5 Å². The molecule has 5 heteroatoms. The second kappa shape index (κ2) is 4.61. The molecule has 0 bridgehead atoms. The van der Waals surface area contributed by atoms with Gasteiger partial charge in [0.25, 0.3) is 0 Å². The van der Waals surface area contributed by atoms with E-state index in [0.717, 1.165) is 22.6 Å². The second-order valence-corrected chi connectivity index (χ2v) is 4.31. The van der Waals surface area contributed by atoms with Gasteiger partial charge in [0.05, 0.1) is 18.3 Å². The first-order valence-electron chi connectivity index (χ1n) is 5.98. The number of nitrogens with two attached hydrogens (primary N) is 1. The van der Waals surface area contributed by atoms with Crippen LogP contribution in [-0.2, 0) is 6.42 Å². The number of nitrogens with zero attached hydrogens (tertiary/aromatic N) is 2. The number of pyridine rings is 1. The van der Waals surface area contributed by atoms with Gasteiger partial charge in [0, 0.05) is 12.6 Å². The Labute approximate surface area is 110 Å². The predicted molar refractivity (Wildman–Crippen MR) is 74.1 cm³/mol. The van der Waals surface area contributed by atoms with E-state index in [0.29, 0.717) is 17.9 Å². The Kier molecular flexibility index (Phi) is 2.79. The lowest BCUT2D eigenvalue weighted by molar-refractivity contribution is 0.417. The minimum absolute atomic E-state index is 0.634. The van der Waals surface area contributed by atoms with Crippen LogP contribution in [0.4, 0.5) is 5.69 Å². The lowest BCUT2D eigenvalue weighted by atomic mass is 10.1. The maximum absolute atomic E-state index is 5.89. The highest BCUT2D eigenvalue weighted by Gasteiger charge is 2.06. The average Bonchev–Trinajstić information content (AvgIpc) is 2.81. The van der Waals surface area contributed by atoms with Crippen LogP contribution in [0.3, 0.4) is 0 Å². The Bertz CT molecular complexity index is 687. The molecule has 0 saturated carbocycles. The van der Waals surface area contributed by atoms with Crippen molar-refractivity contribution < 1.29 is 4.74 Å². The molecule has 96 valence electrons. The highest BCUT2D eigenvalue weighted by Crippen LogP contribution is 2.23. The molecule has 0 aliphatic rings. The van der Waals surface area contributed by atoms with E-state index in [1.54, 1.807) is 13.3 Å². The number of rotatable bonds is 3. The molecule has 3 rings (SSSR count). The third-order valence-electron chi connectivity index (χ3n) is 2.97. The summed E-state index contributed by atoms with van der Waals surface area (Å²) in [6, 6.07) is 9.59. The van der Waals surface area contributed by atoms with E-state index in [1.165, 1.54) is 0 Å². The number of H-pyrrole nitrogens is 1. The molecule has 0 unspecified atom stereocenters. The van der Waals surface area contributed by atoms with Crippen LogP contribution in [0.2, 0.25) is 0 Å². The Hall–Kier alpha value is -2.56. The highest BCUT2D eigenvalue weighted by molar-refractivity contribution is 5.70. The fourth-order valence-electron chi connectivity index (χ4n) is 2.07. The van der Waals surface area contributed by atoms with E-state index in [-0.39, 0.29) is 0 Å². The van der Waals surface area contributed by atoms with Crippen molar-refractivity contribution in [3.05, 3.63) is 47.9 Å². The number of hydrogen-bond acceptors (Lipinski definition) is 4. The number of methoxy groups -OCH3 is 1. The Morgan fingerprint density at radius 2 is 2.21 bits per heavy atom. The van der Waals surface area contributed by atoms with Crippen LogP contribution in [0.25, 0.3) is 11.2 Å². The molecule has 5 nitrogen and oxygen atoms in total. The third kappa shape index (κ3) is 2.22. The molecule has 0 aliphatic carbocycles. The normalized spacial score (nSPS) is 10.8. The van der Waals surface area contributed by atoms with Gasteiger partial charge in [0.15, 0.2) is 5.65 Å². The molecule has 0 radical (unpaired) electrons. The predicted octanol–water partition coefficient (Wildman–Crippen LogP) is 2.14. The number of ether oxygens (including phenoxy) is 1. The van der Waals surface area contributed by atoms with Crippen LogP contribution in [0.5, 0.6) is 5.75 Å². The van der Waals surface area contributed by atoms with Crippen molar-refractivity contribution in [1.82, 2.24) is 15.0 Å². The van der Waals surface area contributed by atoms with Crippen molar-refractivity contribution in [2.45, 2.75) is 6.42 Å². The van der Waals surface area contributed by atoms with Crippen molar-refractivity contribution in [1.29, 1.82) is 0 Å². The molecule has 2 heterocycles. The topological polar surface area (TPSA) is 76.8 Å². The molecule has 2 aromatic heterocycles. The lowest BCUT2D eigenvalue weighted by Crippen LogP contribution is -1.96. The standard InChI is InChI=1S/C14H14N4O/c1-19-12-5-4-9(7-10(12)15)8-13-17-11-3-2-6-16-14(11)18-13/h2-7H,8,15H2,1H3,(H,16,17,18). The van der Waals surface area contributed by atoms with Gasteiger partial charge >= 0.3 is 0 Å². The van der Waals surface area contributed by atoms with Gasteiger partial charge in [-0.05, 0) is 29.8 Å². The third-order valence-corrected chi connectivity index (χ3v) is 2.97. The van der Waals surface area contributed by atoms with E-state index in [9.17, 15) is 0 Å². The van der Waals surface area contributed by atoms with Crippen LogP contribution in [-0.4, -0.2) is 22.1 Å². The van der Waals surface area contributed by atoms with Crippen molar-refractivity contribution in [3.63, 3.8) is 0 Å². The Balaban J connectivity index is 1.90. The van der Waals surface area contributed by atoms with Gasteiger partial charge in [-0.2, -0.15) is 0 Å². The average molecular weight is 254 g/mol. The number of aromatic amines is 1. The number of anilines is 1. The highest BCUT2D eigenvalue weighted by atomic mass is 16.5.